The molecule has 0 saturated carbocycles. The first-order valence-corrected chi connectivity index (χ1v) is 8.93. The van der Waals surface area contributed by atoms with Crippen LogP contribution in [0.4, 0.5) is 0 Å². The minimum Gasteiger partial charge on any atom is -0.493 e. The van der Waals surface area contributed by atoms with E-state index >= 15 is 0 Å². The summed E-state index contributed by atoms with van der Waals surface area (Å²) in [7, 11) is 0. The lowest BCUT2D eigenvalue weighted by molar-refractivity contribution is -0.137. The number of fused-ring (bicyclic) bond motifs is 1. The van der Waals surface area contributed by atoms with Crippen LogP contribution < -0.4 is 14.2 Å². The molecular weight excluding hydrogens is 344 g/mol. The zero-order chi connectivity index (χ0) is 19.6. The van der Waals surface area contributed by atoms with Crippen LogP contribution in [0.2, 0.25) is 0 Å². The largest absolute Gasteiger partial charge is 0.493 e. The number of rotatable bonds is 5. The SMILES string of the molecule is CCOc1ccccc1/C=C1\Oc2c(ccc(OC(=O)C(C)C)c2C)C1=O. The van der Waals surface area contributed by atoms with E-state index in [1.165, 1.54) is 0 Å². The van der Waals surface area contributed by atoms with Gasteiger partial charge in [-0.3, -0.25) is 9.59 Å². The molecule has 1 aliphatic heterocycles. The lowest BCUT2D eigenvalue weighted by atomic mass is 10.1. The fraction of sp³-hybridized carbons (Fsp3) is 0.273. The minimum atomic E-state index is -0.330. The van der Waals surface area contributed by atoms with Gasteiger partial charge in [-0.05, 0) is 38.1 Å². The number of benzene rings is 2. The quantitative estimate of drug-likeness (QED) is 0.441. The molecule has 3 rings (SSSR count). The van der Waals surface area contributed by atoms with Crippen molar-refractivity contribution in [1.82, 2.24) is 0 Å². The molecule has 0 spiro atoms. The molecule has 0 amide bonds. The number of carbonyl (C=O) groups excluding carboxylic acids is 2. The molecule has 5 heteroatoms. The van der Waals surface area contributed by atoms with E-state index in [2.05, 4.69) is 0 Å². The molecule has 0 unspecified atom stereocenters. The smallest absolute Gasteiger partial charge is 0.313 e. The standard InChI is InChI=1S/C22H22O5/c1-5-25-18-9-7-6-8-15(18)12-19-20(23)16-10-11-17(14(4)21(16)26-19)27-22(24)13(2)3/h6-13H,5H2,1-4H3/b19-12-. The summed E-state index contributed by atoms with van der Waals surface area (Å²) in [5.74, 6) is 0.941. The fourth-order valence-electron chi connectivity index (χ4n) is 2.73. The maximum Gasteiger partial charge on any atom is 0.313 e. The molecular formula is C22H22O5. The van der Waals surface area contributed by atoms with Gasteiger partial charge in [0, 0.05) is 11.1 Å². The molecule has 2 aromatic carbocycles. The van der Waals surface area contributed by atoms with E-state index < -0.39 is 0 Å². The Kier molecular flexibility index (Phi) is 5.31. The van der Waals surface area contributed by atoms with Crippen molar-refractivity contribution in [2.24, 2.45) is 5.92 Å². The Morgan fingerprint density at radius 1 is 1.15 bits per heavy atom. The first-order valence-electron chi connectivity index (χ1n) is 8.93. The minimum absolute atomic E-state index is 0.207. The summed E-state index contributed by atoms with van der Waals surface area (Å²) in [6, 6.07) is 10.7. The predicted molar refractivity (Wildman–Crippen MR) is 102 cm³/mol. The van der Waals surface area contributed by atoms with Gasteiger partial charge in [0.05, 0.1) is 18.1 Å². The summed E-state index contributed by atoms with van der Waals surface area (Å²) in [5, 5.41) is 0. The average molecular weight is 366 g/mol. The topological polar surface area (TPSA) is 61.8 Å². The monoisotopic (exact) mass is 366 g/mol. The van der Waals surface area contributed by atoms with Crippen molar-refractivity contribution < 1.29 is 23.8 Å². The Bertz CT molecular complexity index is 924. The number of ketones is 1. The van der Waals surface area contributed by atoms with E-state index in [1.54, 1.807) is 39.0 Å². The number of esters is 1. The van der Waals surface area contributed by atoms with Gasteiger partial charge in [-0.15, -0.1) is 0 Å². The van der Waals surface area contributed by atoms with Crippen molar-refractivity contribution in [3.63, 3.8) is 0 Å². The summed E-state index contributed by atoms with van der Waals surface area (Å²) in [4.78, 5) is 24.6. The zero-order valence-corrected chi connectivity index (χ0v) is 15.9. The van der Waals surface area contributed by atoms with Gasteiger partial charge in [-0.25, -0.2) is 0 Å². The molecule has 1 heterocycles. The highest BCUT2D eigenvalue weighted by Gasteiger charge is 2.31. The molecule has 0 atom stereocenters. The molecule has 5 nitrogen and oxygen atoms in total. The Morgan fingerprint density at radius 2 is 1.89 bits per heavy atom. The number of hydrogen-bond acceptors (Lipinski definition) is 5. The number of carbonyl (C=O) groups is 2. The number of ether oxygens (including phenoxy) is 3. The third-order valence-corrected chi connectivity index (χ3v) is 4.22. The third-order valence-electron chi connectivity index (χ3n) is 4.22. The molecule has 0 radical (unpaired) electrons. The van der Waals surface area contributed by atoms with Crippen LogP contribution in [0.1, 0.15) is 42.3 Å². The van der Waals surface area contributed by atoms with Gasteiger partial charge in [-0.1, -0.05) is 32.0 Å². The van der Waals surface area contributed by atoms with E-state index in [1.807, 2.05) is 31.2 Å². The van der Waals surface area contributed by atoms with E-state index in [-0.39, 0.29) is 23.4 Å². The second kappa shape index (κ2) is 7.66. The van der Waals surface area contributed by atoms with Gasteiger partial charge in [-0.2, -0.15) is 0 Å². The third kappa shape index (κ3) is 3.72. The summed E-state index contributed by atoms with van der Waals surface area (Å²) >= 11 is 0. The summed E-state index contributed by atoms with van der Waals surface area (Å²) in [5.41, 5.74) is 1.84. The second-order valence-electron chi connectivity index (χ2n) is 6.55. The second-order valence-corrected chi connectivity index (χ2v) is 6.55. The van der Waals surface area contributed by atoms with Crippen LogP contribution in [0.5, 0.6) is 17.2 Å². The van der Waals surface area contributed by atoms with Crippen molar-refractivity contribution in [2.45, 2.75) is 27.7 Å². The summed E-state index contributed by atoms with van der Waals surface area (Å²) in [6.45, 7) is 7.73. The predicted octanol–water partition coefficient (Wildman–Crippen LogP) is 4.57. The highest BCUT2D eigenvalue weighted by atomic mass is 16.5. The van der Waals surface area contributed by atoms with Gasteiger partial charge in [0.15, 0.2) is 5.76 Å². The van der Waals surface area contributed by atoms with E-state index in [0.29, 0.717) is 35.0 Å². The van der Waals surface area contributed by atoms with Crippen molar-refractivity contribution in [3.8, 4) is 17.2 Å². The van der Waals surface area contributed by atoms with Crippen LogP contribution in [-0.2, 0) is 4.79 Å². The van der Waals surface area contributed by atoms with Crippen LogP contribution >= 0.6 is 0 Å². The Morgan fingerprint density at radius 3 is 2.59 bits per heavy atom. The number of Topliss-reactive ketones (excluding diaryl/α,β-unsaturated/α-hetero) is 1. The Hall–Kier alpha value is -3.08. The number of hydrogen-bond donors (Lipinski definition) is 0. The molecule has 0 aromatic heterocycles. The summed E-state index contributed by atoms with van der Waals surface area (Å²) < 4.78 is 16.8. The molecule has 2 aromatic rings. The highest BCUT2D eigenvalue weighted by molar-refractivity contribution is 6.15. The van der Waals surface area contributed by atoms with E-state index in [0.717, 1.165) is 5.56 Å². The first-order chi connectivity index (χ1) is 12.9. The van der Waals surface area contributed by atoms with Gasteiger partial charge in [0.2, 0.25) is 5.78 Å². The molecule has 27 heavy (non-hydrogen) atoms. The maximum atomic E-state index is 12.7. The maximum absolute atomic E-state index is 12.7. The molecule has 140 valence electrons. The fourth-order valence-corrected chi connectivity index (χ4v) is 2.73. The van der Waals surface area contributed by atoms with Crippen molar-refractivity contribution in [2.75, 3.05) is 6.61 Å². The lowest BCUT2D eigenvalue weighted by Gasteiger charge is -2.11. The summed E-state index contributed by atoms with van der Waals surface area (Å²) in [6.07, 6.45) is 1.67. The first kappa shape index (κ1) is 18.7. The average Bonchev–Trinajstić information content (AvgIpc) is 2.96. The lowest BCUT2D eigenvalue weighted by Crippen LogP contribution is -2.15. The Balaban J connectivity index is 1.94. The van der Waals surface area contributed by atoms with Gasteiger partial charge in [0.25, 0.3) is 0 Å². The van der Waals surface area contributed by atoms with Crippen molar-refractivity contribution in [1.29, 1.82) is 0 Å². The van der Waals surface area contributed by atoms with Gasteiger partial charge < -0.3 is 14.2 Å². The number of allylic oxidation sites excluding steroid dienone is 1. The molecule has 0 saturated heterocycles. The van der Waals surface area contributed by atoms with Crippen molar-refractivity contribution in [3.05, 3.63) is 58.8 Å². The van der Waals surface area contributed by atoms with Crippen LogP contribution in [-0.4, -0.2) is 18.4 Å². The number of para-hydroxylation sites is 1. The van der Waals surface area contributed by atoms with E-state index in [9.17, 15) is 9.59 Å². The highest BCUT2D eigenvalue weighted by Crippen LogP contribution is 2.39. The van der Waals surface area contributed by atoms with Crippen LogP contribution in [0.3, 0.4) is 0 Å². The normalized spacial score (nSPS) is 14.3. The molecule has 0 N–H and O–H groups in total. The van der Waals surface area contributed by atoms with Gasteiger partial charge >= 0.3 is 5.97 Å². The van der Waals surface area contributed by atoms with Crippen LogP contribution in [0.15, 0.2) is 42.2 Å². The van der Waals surface area contributed by atoms with Crippen LogP contribution in [0, 0.1) is 12.8 Å². The zero-order valence-electron chi connectivity index (χ0n) is 15.9. The molecule has 1 aliphatic rings. The molecule has 0 fully saturated rings. The Labute approximate surface area is 158 Å². The van der Waals surface area contributed by atoms with Gasteiger partial charge in [0.1, 0.15) is 17.2 Å². The molecule has 0 bridgehead atoms. The van der Waals surface area contributed by atoms with E-state index in [4.69, 9.17) is 14.2 Å². The van der Waals surface area contributed by atoms with Crippen LogP contribution in [0.25, 0.3) is 6.08 Å². The molecule has 0 aliphatic carbocycles. The van der Waals surface area contributed by atoms with Crippen molar-refractivity contribution >= 4 is 17.8 Å².